The first-order chi connectivity index (χ1) is 13.6. The minimum Gasteiger partial charge on any atom is -0.350 e. The Morgan fingerprint density at radius 2 is 1.96 bits per heavy atom. The molecule has 6 heteroatoms. The molecule has 1 atom stereocenters. The van der Waals surface area contributed by atoms with Gasteiger partial charge in [0.15, 0.2) is 0 Å². The van der Waals surface area contributed by atoms with Crippen molar-refractivity contribution in [3.8, 4) is 0 Å². The monoisotopic (exact) mass is 378 g/mol. The van der Waals surface area contributed by atoms with E-state index in [1.807, 2.05) is 36.4 Å². The van der Waals surface area contributed by atoms with Crippen LogP contribution in [0.1, 0.15) is 37.2 Å². The van der Waals surface area contributed by atoms with E-state index in [0.29, 0.717) is 6.42 Å². The molecule has 2 aliphatic heterocycles. The van der Waals surface area contributed by atoms with Crippen LogP contribution in [0.25, 0.3) is 0 Å². The van der Waals surface area contributed by atoms with Gasteiger partial charge in [-0.05, 0) is 37.0 Å². The van der Waals surface area contributed by atoms with Gasteiger partial charge in [0.2, 0.25) is 11.8 Å². The Balaban J connectivity index is 1.26. The summed E-state index contributed by atoms with van der Waals surface area (Å²) in [6, 6.07) is 13.7. The van der Waals surface area contributed by atoms with Gasteiger partial charge in [-0.1, -0.05) is 30.3 Å². The maximum Gasteiger partial charge on any atom is 0.228 e. The molecule has 4 rings (SSSR count). The number of anilines is 1. The molecule has 2 amide bonds. The van der Waals surface area contributed by atoms with E-state index in [1.165, 1.54) is 0 Å². The first-order valence-electron chi connectivity index (χ1n) is 9.93. The van der Waals surface area contributed by atoms with Crippen molar-refractivity contribution in [3.05, 3.63) is 60.4 Å². The largest absolute Gasteiger partial charge is 0.350 e. The van der Waals surface area contributed by atoms with Crippen molar-refractivity contribution in [2.45, 2.75) is 37.1 Å². The molecule has 0 bridgehead atoms. The normalized spacial score (nSPS) is 21.4. The van der Waals surface area contributed by atoms with Crippen molar-refractivity contribution in [1.82, 2.24) is 15.2 Å². The number of carbonyl (C=O) groups excluding carboxylic acids is 2. The number of hydrogen-bond donors (Lipinski definition) is 2. The lowest BCUT2D eigenvalue weighted by Gasteiger charge is -2.39. The fraction of sp³-hybridized carbons (Fsp3) is 0.409. The molecule has 6 nitrogen and oxygen atoms in total. The SMILES string of the molecule is O=C(CCN1CCC2(CC1)C[C@@H](c1ccccc1)C(=O)N2)Nc1cccnc1. The second-order valence-electron chi connectivity index (χ2n) is 7.82. The van der Waals surface area contributed by atoms with Crippen LogP contribution in [0, 0.1) is 0 Å². The number of piperidine rings is 1. The Morgan fingerprint density at radius 3 is 2.68 bits per heavy atom. The maximum atomic E-state index is 12.5. The van der Waals surface area contributed by atoms with Crippen molar-refractivity contribution in [2.24, 2.45) is 0 Å². The van der Waals surface area contributed by atoms with E-state index in [-0.39, 0.29) is 23.3 Å². The average Bonchev–Trinajstić information content (AvgIpc) is 3.05. The van der Waals surface area contributed by atoms with Gasteiger partial charge in [0.25, 0.3) is 0 Å². The molecule has 0 radical (unpaired) electrons. The number of likely N-dealkylation sites (tertiary alicyclic amines) is 1. The van der Waals surface area contributed by atoms with Crippen LogP contribution in [0.5, 0.6) is 0 Å². The summed E-state index contributed by atoms with van der Waals surface area (Å²) in [6.07, 6.45) is 6.53. The van der Waals surface area contributed by atoms with Gasteiger partial charge in [-0.3, -0.25) is 14.6 Å². The summed E-state index contributed by atoms with van der Waals surface area (Å²) in [7, 11) is 0. The van der Waals surface area contributed by atoms with Crippen molar-refractivity contribution in [1.29, 1.82) is 0 Å². The van der Waals surface area contributed by atoms with Crippen molar-refractivity contribution < 1.29 is 9.59 Å². The van der Waals surface area contributed by atoms with E-state index < -0.39 is 0 Å². The topological polar surface area (TPSA) is 74.3 Å². The second-order valence-corrected chi connectivity index (χ2v) is 7.82. The summed E-state index contributed by atoms with van der Waals surface area (Å²) in [4.78, 5) is 31.0. The first-order valence-corrected chi connectivity index (χ1v) is 9.93. The highest BCUT2D eigenvalue weighted by Crippen LogP contribution is 2.39. The molecule has 0 aliphatic carbocycles. The minimum atomic E-state index is -0.0912. The van der Waals surface area contributed by atoms with Crippen molar-refractivity contribution in [2.75, 3.05) is 25.0 Å². The third kappa shape index (κ3) is 4.22. The standard InChI is InChI=1S/C22H26N4O2/c27-20(24-18-7-4-11-23-16-18)8-12-26-13-9-22(10-14-26)15-19(21(28)25-22)17-5-2-1-3-6-17/h1-7,11,16,19H,8-10,12-15H2,(H,24,27)(H,25,28)/t19-/m0/s1. The molecule has 1 aromatic carbocycles. The third-order valence-electron chi connectivity index (χ3n) is 5.92. The van der Waals surface area contributed by atoms with Gasteiger partial charge >= 0.3 is 0 Å². The summed E-state index contributed by atoms with van der Waals surface area (Å²) in [5.74, 6) is 0.111. The molecular formula is C22H26N4O2. The van der Waals surface area contributed by atoms with Crippen LogP contribution in [0.15, 0.2) is 54.9 Å². The number of carbonyl (C=O) groups is 2. The van der Waals surface area contributed by atoms with Crippen molar-refractivity contribution >= 4 is 17.5 Å². The smallest absolute Gasteiger partial charge is 0.228 e. The molecule has 2 saturated heterocycles. The van der Waals surface area contributed by atoms with Gasteiger partial charge < -0.3 is 15.5 Å². The van der Waals surface area contributed by atoms with Crippen LogP contribution in [-0.4, -0.2) is 46.9 Å². The lowest BCUT2D eigenvalue weighted by molar-refractivity contribution is -0.121. The third-order valence-corrected chi connectivity index (χ3v) is 5.92. The number of hydrogen-bond acceptors (Lipinski definition) is 4. The Labute approximate surface area is 165 Å². The minimum absolute atomic E-state index is 0.00611. The fourth-order valence-electron chi connectivity index (χ4n) is 4.29. The van der Waals surface area contributed by atoms with E-state index >= 15 is 0 Å². The van der Waals surface area contributed by atoms with Gasteiger partial charge in [0, 0.05) is 37.8 Å². The molecule has 3 heterocycles. The Morgan fingerprint density at radius 1 is 1.18 bits per heavy atom. The first kappa shape index (κ1) is 18.6. The Hall–Kier alpha value is -2.73. The van der Waals surface area contributed by atoms with E-state index in [1.54, 1.807) is 18.5 Å². The van der Waals surface area contributed by atoms with E-state index in [9.17, 15) is 9.59 Å². The molecule has 28 heavy (non-hydrogen) atoms. The molecule has 2 aromatic rings. The van der Waals surface area contributed by atoms with Gasteiger partial charge in [0.05, 0.1) is 17.8 Å². The number of aromatic nitrogens is 1. The van der Waals surface area contributed by atoms with Gasteiger partial charge in [-0.25, -0.2) is 0 Å². The highest BCUT2D eigenvalue weighted by Gasteiger charge is 2.45. The number of amides is 2. The summed E-state index contributed by atoms with van der Waals surface area (Å²) in [5.41, 5.74) is 1.74. The molecule has 1 aromatic heterocycles. The van der Waals surface area contributed by atoms with Gasteiger partial charge in [0.1, 0.15) is 0 Å². The number of pyridine rings is 1. The fourth-order valence-corrected chi connectivity index (χ4v) is 4.29. The molecule has 0 unspecified atom stereocenters. The molecule has 146 valence electrons. The molecule has 0 saturated carbocycles. The summed E-state index contributed by atoms with van der Waals surface area (Å²) < 4.78 is 0. The lowest BCUT2D eigenvalue weighted by Crippen LogP contribution is -2.51. The van der Waals surface area contributed by atoms with Crippen molar-refractivity contribution in [3.63, 3.8) is 0 Å². The van der Waals surface area contributed by atoms with Crippen LogP contribution >= 0.6 is 0 Å². The summed E-state index contributed by atoms with van der Waals surface area (Å²) in [5, 5.41) is 6.16. The zero-order chi connectivity index (χ0) is 19.4. The summed E-state index contributed by atoms with van der Waals surface area (Å²) >= 11 is 0. The zero-order valence-electron chi connectivity index (χ0n) is 15.9. The van der Waals surface area contributed by atoms with E-state index in [4.69, 9.17) is 0 Å². The quantitative estimate of drug-likeness (QED) is 0.839. The Kier molecular flexibility index (Phi) is 5.39. The van der Waals surface area contributed by atoms with Crippen LogP contribution in [0.2, 0.25) is 0 Å². The molecule has 2 N–H and O–H groups in total. The maximum absolute atomic E-state index is 12.5. The zero-order valence-corrected chi connectivity index (χ0v) is 15.9. The number of benzene rings is 1. The summed E-state index contributed by atoms with van der Waals surface area (Å²) in [6.45, 7) is 2.54. The van der Waals surface area contributed by atoms with Crippen LogP contribution in [-0.2, 0) is 9.59 Å². The molecule has 2 aliphatic rings. The number of nitrogens with zero attached hydrogens (tertiary/aromatic N) is 2. The van der Waals surface area contributed by atoms with Crippen LogP contribution < -0.4 is 10.6 Å². The molecule has 2 fully saturated rings. The molecule has 1 spiro atoms. The predicted molar refractivity (Wildman–Crippen MR) is 108 cm³/mol. The van der Waals surface area contributed by atoms with Gasteiger partial charge in [-0.15, -0.1) is 0 Å². The Bertz CT molecular complexity index is 817. The lowest BCUT2D eigenvalue weighted by atomic mass is 9.82. The highest BCUT2D eigenvalue weighted by atomic mass is 16.2. The van der Waals surface area contributed by atoms with Crippen LogP contribution in [0.3, 0.4) is 0 Å². The van der Waals surface area contributed by atoms with E-state index in [2.05, 4.69) is 20.5 Å². The average molecular weight is 378 g/mol. The number of nitrogens with one attached hydrogen (secondary N) is 2. The van der Waals surface area contributed by atoms with Gasteiger partial charge in [-0.2, -0.15) is 0 Å². The molecular weight excluding hydrogens is 352 g/mol. The second kappa shape index (κ2) is 8.10. The highest BCUT2D eigenvalue weighted by molar-refractivity contribution is 5.90. The predicted octanol–water partition coefficient (Wildman–Crippen LogP) is 2.55. The van der Waals surface area contributed by atoms with Crippen LogP contribution in [0.4, 0.5) is 5.69 Å². The van der Waals surface area contributed by atoms with E-state index in [0.717, 1.165) is 50.1 Å². The number of rotatable bonds is 5.